The molecule has 4 nitrogen and oxygen atoms in total. The summed E-state index contributed by atoms with van der Waals surface area (Å²) in [6.07, 6.45) is 0.195. The lowest BCUT2D eigenvalue weighted by molar-refractivity contribution is -0.115. The number of nitrogens with zero attached hydrogens (tertiary/aromatic N) is 2. The Morgan fingerprint density at radius 2 is 1.71 bits per heavy atom. The van der Waals surface area contributed by atoms with Crippen LogP contribution < -0.4 is 5.32 Å². The molecule has 0 aliphatic heterocycles. The molecule has 0 aliphatic carbocycles. The molecule has 0 unspecified atom stereocenters. The smallest absolute Gasteiger partial charge is 0.229 e. The fourth-order valence-electron chi connectivity index (χ4n) is 2.74. The molecule has 1 aromatic heterocycles. The van der Waals surface area contributed by atoms with Crippen LogP contribution in [0.1, 0.15) is 37.6 Å². The average molecular weight is 416 g/mol. The fourth-order valence-corrected chi connectivity index (χ4v) is 3.06. The second-order valence-electron chi connectivity index (χ2n) is 7.89. The lowest BCUT2D eigenvalue weighted by atomic mass is 9.92. The molecule has 0 aliphatic rings. The highest BCUT2D eigenvalue weighted by Gasteiger charge is 2.21. The Balaban J connectivity index is 1.89. The molecule has 0 spiro atoms. The molecule has 3 rings (SSSR count). The van der Waals surface area contributed by atoms with E-state index in [4.69, 9.17) is 28.3 Å². The van der Waals surface area contributed by atoms with Crippen LogP contribution in [0.15, 0.2) is 48.5 Å². The molecular weight excluding hydrogens is 393 g/mol. The molecule has 0 saturated carbocycles. The minimum atomic E-state index is -0.146. The van der Waals surface area contributed by atoms with Gasteiger partial charge in [0.15, 0.2) is 0 Å². The Bertz CT molecular complexity index is 1000. The molecule has 0 fully saturated rings. The van der Waals surface area contributed by atoms with Crippen LogP contribution in [-0.4, -0.2) is 15.7 Å². The van der Waals surface area contributed by atoms with Crippen LogP contribution in [0, 0.1) is 6.92 Å². The summed E-state index contributed by atoms with van der Waals surface area (Å²) >= 11 is 12.0. The molecule has 2 aromatic carbocycles. The summed E-state index contributed by atoms with van der Waals surface area (Å²) in [5, 5.41) is 8.62. The third-order valence-corrected chi connectivity index (χ3v) is 5.11. The van der Waals surface area contributed by atoms with Gasteiger partial charge in [0.1, 0.15) is 5.82 Å². The number of benzene rings is 2. The Labute approximate surface area is 175 Å². The topological polar surface area (TPSA) is 46.9 Å². The quantitative estimate of drug-likeness (QED) is 0.570. The summed E-state index contributed by atoms with van der Waals surface area (Å²) in [4.78, 5) is 12.6. The van der Waals surface area contributed by atoms with E-state index >= 15 is 0 Å². The van der Waals surface area contributed by atoms with Crippen LogP contribution in [0.3, 0.4) is 0 Å². The van der Waals surface area contributed by atoms with E-state index in [-0.39, 0.29) is 17.7 Å². The first-order chi connectivity index (χ1) is 13.1. The van der Waals surface area contributed by atoms with Crippen molar-refractivity contribution in [1.82, 2.24) is 9.78 Å². The van der Waals surface area contributed by atoms with Gasteiger partial charge in [0.05, 0.1) is 27.8 Å². The van der Waals surface area contributed by atoms with E-state index in [9.17, 15) is 4.79 Å². The molecule has 146 valence electrons. The maximum absolute atomic E-state index is 12.6. The fraction of sp³-hybridized carbons (Fsp3) is 0.273. The number of nitrogens with one attached hydrogen (secondary N) is 1. The Morgan fingerprint density at radius 3 is 2.32 bits per heavy atom. The average Bonchev–Trinajstić information content (AvgIpc) is 3.03. The number of halogens is 2. The summed E-state index contributed by atoms with van der Waals surface area (Å²) in [6, 6.07) is 15.2. The lowest BCUT2D eigenvalue weighted by Crippen LogP contribution is -2.17. The highest BCUT2D eigenvalue weighted by Crippen LogP contribution is 2.27. The monoisotopic (exact) mass is 415 g/mol. The highest BCUT2D eigenvalue weighted by molar-refractivity contribution is 6.42. The number of aromatic nitrogens is 2. The van der Waals surface area contributed by atoms with Crippen molar-refractivity contribution in [2.45, 2.75) is 39.5 Å². The van der Waals surface area contributed by atoms with Gasteiger partial charge in [0.25, 0.3) is 0 Å². The number of carbonyl (C=O) groups is 1. The zero-order chi connectivity index (χ0) is 20.5. The Morgan fingerprint density at radius 1 is 1.04 bits per heavy atom. The van der Waals surface area contributed by atoms with E-state index in [1.807, 2.05) is 37.3 Å². The van der Waals surface area contributed by atoms with E-state index in [0.717, 1.165) is 22.5 Å². The van der Waals surface area contributed by atoms with Gasteiger partial charge >= 0.3 is 0 Å². The molecule has 0 bridgehead atoms. The van der Waals surface area contributed by atoms with Crippen molar-refractivity contribution in [3.63, 3.8) is 0 Å². The highest BCUT2D eigenvalue weighted by atomic mass is 35.5. The number of anilines is 1. The van der Waals surface area contributed by atoms with Gasteiger partial charge in [-0.05, 0) is 36.8 Å². The van der Waals surface area contributed by atoms with Crippen LogP contribution in [0.5, 0.6) is 0 Å². The zero-order valence-corrected chi connectivity index (χ0v) is 17.9. The second-order valence-corrected chi connectivity index (χ2v) is 8.70. The maximum Gasteiger partial charge on any atom is 0.229 e. The van der Waals surface area contributed by atoms with Crippen molar-refractivity contribution in [3.8, 4) is 5.69 Å². The van der Waals surface area contributed by atoms with Crippen molar-refractivity contribution >= 4 is 34.9 Å². The second kappa shape index (κ2) is 7.98. The van der Waals surface area contributed by atoms with Crippen LogP contribution >= 0.6 is 23.2 Å². The number of aryl methyl sites for hydroxylation is 1. The van der Waals surface area contributed by atoms with Gasteiger partial charge in [-0.2, -0.15) is 5.10 Å². The lowest BCUT2D eigenvalue weighted by Gasteiger charge is -2.14. The molecule has 28 heavy (non-hydrogen) atoms. The van der Waals surface area contributed by atoms with E-state index in [1.165, 1.54) is 0 Å². The van der Waals surface area contributed by atoms with Gasteiger partial charge in [-0.3, -0.25) is 4.79 Å². The maximum atomic E-state index is 12.6. The zero-order valence-electron chi connectivity index (χ0n) is 16.4. The van der Waals surface area contributed by atoms with Crippen molar-refractivity contribution in [3.05, 3.63) is 75.4 Å². The van der Waals surface area contributed by atoms with Crippen LogP contribution in [0.25, 0.3) is 5.69 Å². The minimum Gasteiger partial charge on any atom is -0.310 e. The minimum absolute atomic E-state index is 0.140. The number of rotatable bonds is 4. The summed E-state index contributed by atoms with van der Waals surface area (Å²) in [5.74, 6) is 0.492. The number of hydrogen-bond acceptors (Lipinski definition) is 2. The third kappa shape index (κ3) is 4.75. The molecule has 0 atom stereocenters. The van der Waals surface area contributed by atoms with E-state index in [2.05, 4.69) is 26.1 Å². The van der Waals surface area contributed by atoms with E-state index in [1.54, 1.807) is 22.9 Å². The summed E-state index contributed by atoms with van der Waals surface area (Å²) < 4.78 is 1.77. The summed E-state index contributed by atoms with van der Waals surface area (Å²) in [6.45, 7) is 8.32. The Hall–Kier alpha value is -2.30. The molecule has 1 N–H and O–H groups in total. The normalized spacial score (nSPS) is 11.5. The molecule has 1 heterocycles. The van der Waals surface area contributed by atoms with Gasteiger partial charge in [0, 0.05) is 11.5 Å². The largest absolute Gasteiger partial charge is 0.310 e. The molecule has 1 amide bonds. The van der Waals surface area contributed by atoms with Crippen LogP contribution in [0.4, 0.5) is 5.82 Å². The Kier molecular flexibility index (Phi) is 5.82. The van der Waals surface area contributed by atoms with Crippen molar-refractivity contribution in [2.24, 2.45) is 0 Å². The van der Waals surface area contributed by atoms with Gasteiger partial charge in [0.2, 0.25) is 5.91 Å². The predicted octanol–water partition coefficient (Wildman–Crippen LogP) is 5.97. The SMILES string of the molecule is Cc1ccc(-n2nc(C(C)(C)C)cc2NC(=O)Cc2ccc(Cl)c(Cl)c2)cc1. The summed E-state index contributed by atoms with van der Waals surface area (Å²) in [5.41, 5.74) is 3.62. The molecule has 0 radical (unpaired) electrons. The van der Waals surface area contributed by atoms with Crippen molar-refractivity contribution < 1.29 is 4.79 Å². The van der Waals surface area contributed by atoms with Crippen LogP contribution in [0.2, 0.25) is 10.0 Å². The third-order valence-electron chi connectivity index (χ3n) is 4.37. The number of carbonyl (C=O) groups excluding carboxylic acids is 1. The molecule has 3 aromatic rings. The predicted molar refractivity (Wildman–Crippen MR) is 116 cm³/mol. The number of hydrogen-bond donors (Lipinski definition) is 1. The molecule has 0 saturated heterocycles. The van der Waals surface area contributed by atoms with E-state index in [0.29, 0.717) is 15.9 Å². The van der Waals surface area contributed by atoms with Gasteiger partial charge in [-0.1, -0.05) is 67.7 Å². The van der Waals surface area contributed by atoms with Gasteiger partial charge in [-0.25, -0.2) is 4.68 Å². The van der Waals surface area contributed by atoms with Crippen molar-refractivity contribution in [2.75, 3.05) is 5.32 Å². The summed E-state index contributed by atoms with van der Waals surface area (Å²) in [7, 11) is 0. The van der Waals surface area contributed by atoms with Crippen LogP contribution in [-0.2, 0) is 16.6 Å². The molecular formula is C22H23Cl2N3O. The first-order valence-electron chi connectivity index (χ1n) is 9.05. The standard InChI is InChI=1S/C22H23Cl2N3O/c1-14-5-8-16(9-6-14)27-20(13-19(26-27)22(2,3)4)25-21(28)12-15-7-10-17(23)18(24)11-15/h5-11,13H,12H2,1-4H3,(H,25,28). The molecule has 6 heteroatoms. The van der Waals surface area contributed by atoms with Gasteiger partial charge < -0.3 is 5.32 Å². The van der Waals surface area contributed by atoms with E-state index < -0.39 is 0 Å². The first kappa shape index (κ1) is 20.4. The van der Waals surface area contributed by atoms with Crippen molar-refractivity contribution in [1.29, 1.82) is 0 Å². The van der Waals surface area contributed by atoms with Gasteiger partial charge in [-0.15, -0.1) is 0 Å². The first-order valence-corrected chi connectivity index (χ1v) is 9.80. The number of amides is 1.